The zero-order valence-corrected chi connectivity index (χ0v) is 17.8. The molecule has 0 aliphatic rings. The second kappa shape index (κ2) is 8.46. The molecule has 0 saturated carbocycles. The zero-order chi connectivity index (χ0) is 21.9. The van der Waals surface area contributed by atoms with E-state index in [4.69, 9.17) is 4.98 Å². The summed E-state index contributed by atoms with van der Waals surface area (Å²) in [7, 11) is 0. The molecule has 0 bridgehead atoms. The first-order valence-electron chi connectivity index (χ1n) is 10.1. The highest BCUT2D eigenvalue weighted by Crippen LogP contribution is 2.42. The number of carbonyl (C=O) groups excluding carboxylic acids is 1. The standard InChI is InChI=1S/C27H17N3OS/c28-17-23-25(30-26(31)20-14-8-3-9-15-20)24-21(18-10-4-1-5-11-18)16-22(29-27(24)32-23)19-12-6-2-7-13-19/h1-16H,(H,30,31). The second-order valence-corrected chi connectivity index (χ2v) is 8.20. The van der Waals surface area contributed by atoms with Gasteiger partial charge in [0.1, 0.15) is 15.8 Å². The zero-order valence-electron chi connectivity index (χ0n) is 16.9. The number of fused-ring (bicyclic) bond motifs is 1. The number of anilines is 1. The van der Waals surface area contributed by atoms with E-state index < -0.39 is 0 Å². The van der Waals surface area contributed by atoms with Gasteiger partial charge in [0.25, 0.3) is 5.91 Å². The normalized spacial score (nSPS) is 10.6. The van der Waals surface area contributed by atoms with Crippen LogP contribution in [0.4, 0.5) is 5.69 Å². The van der Waals surface area contributed by atoms with Gasteiger partial charge in [-0.05, 0) is 29.3 Å². The highest BCUT2D eigenvalue weighted by molar-refractivity contribution is 7.20. The Morgan fingerprint density at radius 1 is 0.844 bits per heavy atom. The lowest BCUT2D eigenvalue weighted by molar-refractivity contribution is 0.102. The Hall–Kier alpha value is -4.27. The number of rotatable bonds is 4. The first kappa shape index (κ1) is 19.7. The van der Waals surface area contributed by atoms with Crippen molar-refractivity contribution < 1.29 is 4.79 Å². The maximum Gasteiger partial charge on any atom is 0.255 e. The topological polar surface area (TPSA) is 65.8 Å². The van der Waals surface area contributed by atoms with Crippen LogP contribution in [-0.4, -0.2) is 10.9 Å². The van der Waals surface area contributed by atoms with Crippen molar-refractivity contribution in [2.24, 2.45) is 0 Å². The summed E-state index contributed by atoms with van der Waals surface area (Å²) >= 11 is 1.29. The molecule has 0 spiro atoms. The molecule has 0 radical (unpaired) electrons. The molecule has 5 heteroatoms. The molecule has 0 aliphatic carbocycles. The number of thiophene rings is 1. The lowest BCUT2D eigenvalue weighted by Crippen LogP contribution is -2.12. The minimum Gasteiger partial charge on any atom is -0.319 e. The van der Waals surface area contributed by atoms with Crippen LogP contribution in [0.1, 0.15) is 15.2 Å². The molecule has 3 aromatic carbocycles. The predicted octanol–water partition coefficient (Wildman–Crippen LogP) is 6.75. The van der Waals surface area contributed by atoms with Crippen LogP contribution in [0.25, 0.3) is 32.6 Å². The Morgan fingerprint density at radius 2 is 1.44 bits per heavy atom. The van der Waals surface area contributed by atoms with Gasteiger partial charge in [-0.15, -0.1) is 11.3 Å². The number of nitriles is 1. The minimum atomic E-state index is -0.257. The third-order valence-corrected chi connectivity index (χ3v) is 6.18. The average Bonchev–Trinajstić information content (AvgIpc) is 3.22. The van der Waals surface area contributed by atoms with E-state index in [0.717, 1.165) is 27.8 Å². The largest absolute Gasteiger partial charge is 0.319 e. The van der Waals surface area contributed by atoms with E-state index in [9.17, 15) is 10.1 Å². The van der Waals surface area contributed by atoms with Gasteiger partial charge in [-0.25, -0.2) is 4.98 Å². The number of pyridine rings is 1. The number of nitrogens with zero attached hydrogens (tertiary/aromatic N) is 2. The molecule has 152 valence electrons. The van der Waals surface area contributed by atoms with E-state index in [0.29, 0.717) is 21.0 Å². The van der Waals surface area contributed by atoms with E-state index >= 15 is 0 Å². The molecule has 5 rings (SSSR count). The molecule has 32 heavy (non-hydrogen) atoms. The summed E-state index contributed by atoms with van der Waals surface area (Å²) in [5.41, 5.74) is 4.78. The van der Waals surface area contributed by atoms with Gasteiger partial charge in [-0.2, -0.15) is 5.26 Å². The Labute approximate surface area is 189 Å². The van der Waals surface area contributed by atoms with E-state index in [1.807, 2.05) is 84.9 Å². The van der Waals surface area contributed by atoms with Gasteiger partial charge in [0.05, 0.1) is 11.4 Å². The van der Waals surface area contributed by atoms with Crippen LogP contribution in [-0.2, 0) is 0 Å². The maximum absolute atomic E-state index is 12.9. The summed E-state index contributed by atoms with van der Waals surface area (Å²) in [6, 6.07) is 33.2. The van der Waals surface area contributed by atoms with E-state index in [1.165, 1.54) is 11.3 Å². The molecule has 2 heterocycles. The van der Waals surface area contributed by atoms with Crippen molar-refractivity contribution in [1.29, 1.82) is 5.26 Å². The SMILES string of the molecule is N#Cc1sc2nc(-c3ccccc3)cc(-c3ccccc3)c2c1NC(=O)c1ccccc1. The van der Waals surface area contributed by atoms with Crippen LogP contribution in [0.2, 0.25) is 0 Å². The van der Waals surface area contributed by atoms with E-state index in [-0.39, 0.29) is 5.91 Å². The highest BCUT2D eigenvalue weighted by Gasteiger charge is 2.21. The van der Waals surface area contributed by atoms with Crippen LogP contribution in [0.3, 0.4) is 0 Å². The number of nitrogens with one attached hydrogen (secondary N) is 1. The molecule has 1 N–H and O–H groups in total. The van der Waals surface area contributed by atoms with Gasteiger partial charge in [-0.1, -0.05) is 78.9 Å². The Morgan fingerprint density at radius 3 is 2.06 bits per heavy atom. The number of benzene rings is 3. The van der Waals surface area contributed by atoms with Crippen molar-refractivity contribution in [2.45, 2.75) is 0 Å². The van der Waals surface area contributed by atoms with Gasteiger partial charge < -0.3 is 5.32 Å². The average molecular weight is 432 g/mol. The molecule has 0 saturated heterocycles. The lowest BCUT2D eigenvalue weighted by Gasteiger charge is -2.11. The molecule has 5 aromatic rings. The number of carbonyl (C=O) groups is 1. The van der Waals surface area contributed by atoms with Crippen molar-refractivity contribution in [2.75, 3.05) is 5.32 Å². The van der Waals surface area contributed by atoms with Crippen molar-refractivity contribution in [3.05, 3.63) is 108 Å². The van der Waals surface area contributed by atoms with Crippen LogP contribution in [0.15, 0.2) is 97.1 Å². The fraction of sp³-hybridized carbons (Fsp3) is 0. The van der Waals surface area contributed by atoms with E-state index in [2.05, 4.69) is 11.4 Å². The van der Waals surface area contributed by atoms with Crippen molar-refractivity contribution in [3.63, 3.8) is 0 Å². The van der Waals surface area contributed by atoms with Gasteiger partial charge in [0.2, 0.25) is 0 Å². The summed E-state index contributed by atoms with van der Waals surface area (Å²) in [5.74, 6) is -0.257. The molecule has 1 amide bonds. The number of amides is 1. The quantitative estimate of drug-likeness (QED) is 0.342. The van der Waals surface area contributed by atoms with Crippen LogP contribution in [0, 0.1) is 11.3 Å². The summed E-state index contributed by atoms with van der Waals surface area (Å²) in [6.07, 6.45) is 0. The number of aromatic nitrogens is 1. The summed E-state index contributed by atoms with van der Waals surface area (Å²) in [4.78, 5) is 18.9. The Bertz CT molecular complexity index is 1450. The number of hydrogen-bond donors (Lipinski definition) is 1. The maximum atomic E-state index is 12.9. The van der Waals surface area contributed by atoms with Gasteiger partial charge in [0.15, 0.2) is 0 Å². The van der Waals surface area contributed by atoms with Gasteiger partial charge >= 0.3 is 0 Å². The molecule has 0 aliphatic heterocycles. The van der Waals surface area contributed by atoms with Crippen LogP contribution >= 0.6 is 11.3 Å². The highest BCUT2D eigenvalue weighted by atomic mass is 32.1. The molecular formula is C27H17N3OS. The third kappa shape index (κ3) is 3.64. The molecule has 0 fully saturated rings. The summed E-state index contributed by atoms with van der Waals surface area (Å²) < 4.78 is 0. The lowest BCUT2D eigenvalue weighted by atomic mass is 9.99. The summed E-state index contributed by atoms with van der Waals surface area (Å²) in [5, 5.41) is 13.6. The summed E-state index contributed by atoms with van der Waals surface area (Å²) in [6.45, 7) is 0. The molecule has 4 nitrogen and oxygen atoms in total. The monoisotopic (exact) mass is 431 g/mol. The van der Waals surface area contributed by atoms with Gasteiger partial charge in [0, 0.05) is 16.5 Å². The predicted molar refractivity (Wildman–Crippen MR) is 130 cm³/mol. The molecule has 2 aromatic heterocycles. The Kier molecular flexibility index (Phi) is 5.20. The molecule has 0 atom stereocenters. The van der Waals surface area contributed by atoms with Gasteiger partial charge in [-0.3, -0.25) is 4.79 Å². The van der Waals surface area contributed by atoms with Crippen LogP contribution in [0.5, 0.6) is 0 Å². The third-order valence-electron chi connectivity index (χ3n) is 5.19. The smallest absolute Gasteiger partial charge is 0.255 e. The van der Waals surface area contributed by atoms with Crippen molar-refractivity contribution in [3.8, 4) is 28.5 Å². The fourth-order valence-corrected chi connectivity index (χ4v) is 4.63. The first-order chi connectivity index (χ1) is 15.7. The Balaban J connectivity index is 1.74. The number of hydrogen-bond acceptors (Lipinski definition) is 4. The fourth-order valence-electron chi connectivity index (χ4n) is 3.67. The second-order valence-electron chi connectivity index (χ2n) is 7.21. The molecule has 0 unspecified atom stereocenters. The minimum absolute atomic E-state index is 0.257. The van der Waals surface area contributed by atoms with Crippen LogP contribution < -0.4 is 5.32 Å². The van der Waals surface area contributed by atoms with Crippen molar-refractivity contribution >= 4 is 33.1 Å². The van der Waals surface area contributed by atoms with Crippen molar-refractivity contribution in [1.82, 2.24) is 4.98 Å². The first-order valence-corrected chi connectivity index (χ1v) is 10.9. The van der Waals surface area contributed by atoms with E-state index in [1.54, 1.807) is 12.1 Å². The molecular weight excluding hydrogens is 414 g/mol.